The van der Waals surface area contributed by atoms with E-state index in [9.17, 15) is 9.90 Å². The van der Waals surface area contributed by atoms with Crippen molar-refractivity contribution in [2.75, 3.05) is 19.7 Å². The molecule has 1 unspecified atom stereocenters. The molecular weight excluding hydrogens is 304 g/mol. The van der Waals surface area contributed by atoms with E-state index in [0.29, 0.717) is 13.2 Å². The fourth-order valence-electron chi connectivity index (χ4n) is 4.74. The number of hydrogen-bond acceptors (Lipinski definition) is 3. The first-order chi connectivity index (χ1) is 11.5. The predicted octanol–water partition coefficient (Wildman–Crippen LogP) is 0.822. The Morgan fingerprint density at radius 2 is 2.17 bits per heavy atom. The number of carbonyl (C=O) groups excluding carboxylic acids is 1. The maximum absolute atomic E-state index is 11.6. The second-order valence-corrected chi connectivity index (χ2v) is 7.21. The fraction of sp³-hybridized carbons (Fsp3) is 0.632. The number of fused-ring (bicyclic) bond motifs is 1. The van der Waals surface area contributed by atoms with E-state index in [-0.39, 0.29) is 17.9 Å². The predicted molar refractivity (Wildman–Crippen MR) is 91.8 cm³/mol. The van der Waals surface area contributed by atoms with Crippen molar-refractivity contribution < 1.29 is 19.5 Å². The number of nitrogens with one attached hydrogen (secondary N) is 1. The molecule has 2 fully saturated rings. The Bertz CT molecular complexity index is 592. The Morgan fingerprint density at radius 1 is 1.38 bits per heavy atom. The van der Waals surface area contributed by atoms with Crippen molar-refractivity contribution in [2.24, 2.45) is 11.7 Å². The summed E-state index contributed by atoms with van der Waals surface area (Å²) in [6, 6.07) is 8.10. The van der Waals surface area contributed by atoms with Gasteiger partial charge in [-0.1, -0.05) is 25.0 Å². The van der Waals surface area contributed by atoms with Crippen LogP contribution in [0, 0.1) is 5.92 Å². The first kappa shape index (κ1) is 17.2. The summed E-state index contributed by atoms with van der Waals surface area (Å²) in [5.41, 5.74) is 5.98. The summed E-state index contributed by atoms with van der Waals surface area (Å²) in [5.74, 6) is 0.725. The van der Waals surface area contributed by atoms with E-state index in [1.165, 1.54) is 0 Å². The van der Waals surface area contributed by atoms with Crippen molar-refractivity contribution >= 4 is 5.91 Å². The number of para-hydroxylation sites is 1. The number of benzene rings is 1. The molecule has 0 spiro atoms. The fourth-order valence-corrected chi connectivity index (χ4v) is 4.74. The topological polar surface area (TPSA) is 77.0 Å². The number of hydrogen-bond donors (Lipinski definition) is 3. The number of piperidine rings is 1. The monoisotopic (exact) mass is 333 g/mol. The number of aliphatic hydroxyl groups is 1. The molecule has 1 aromatic carbocycles. The molecule has 1 saturated carbocycles. The van der Waals surface area contributed by atoms with Gasteiger partial charge in [0.2, 0.25) is 0 Å². The average molecular weight is 333 g/mol. The van der Waals surface area contributed by atoms with Gasteiger partial charge in [0.05, 0.1) is 24.3 Å². The van der Waals surface area contributed by atoms with E-state index in [4.69, 9.17) is 10.5 Å². The summed E-state index contributed by atoms with van der Waals surface area (Å²) in [4.78, 5) is 12.8. The SMILES string of the molecule is CCOc1ccccc1[C@H]1[C@@H]2CCCC[C@]2(O)CC[NH+]1CC(N)=O. The zero-order chi connectivity index (χ0) is 17.2. The van der Waals surface area contributed by atoms with Crippen LogP contribution in [0.1, 0.15) is 50.6 Å². The van der Waals surface area contributed by atoms with Crippen LogP contribution in [0.3, 0.4) is 0 Å². The molecular formula is C19H29N2O3+. The highest BCUT2D eigenvalue weighted by Gasteiger charge is 2.52. The van der Waals surface area contributed by atoms with Gasteiger partial charge in [-0.25, -0.2) is 0 Å². The van der Waals surface area contributed by atoms with Crippen LogP contribution in [0.5, 0.6) is 5.75 Å². The highest BCUT2D eigenvalue weighted by Crippen LogP contribution is 2.45. The number of carbonyl (C=O) groups is 1. The van der Waals surface area contributed by atoms with Crippen molar-refractivity contribution in [3.8, 4) is 5.75 Å². The number of primary amides is 1. The van der Waals surface area contributed by atoms with Crippen LogP contribution in [0.4, 0.5) is 0 Å². The number of ether oxygens (including phenoxy) is 1. The number of likely N-dealkylation sites (tertiary alicyclic amines) is 1. The van der Waals surface area contributed by atoms with Gasteiger partial charge in [0.25, 0.3) is 5.91 Å². The van der Waals surface area contributed by atoms with Crippen LogP contribution in [0.2, 0.25) is 0 Å². The molecule has 0 bridgehead atoms. The Hall–Kier alpha value is -1.59. The van der Waals surface area contributed by atoms with Gasteiger partial charge in [-0.3, -0.25) is 4.79 Å². The van der Waals surface area contributed by atoms with E-state index in [2.05, 4.69) is 6.07 Å². The van der Waals surface area contributed by atoms with Crippen LogP contribution in [0.25, 0.3) is 0 Å². The zero-order valence-electron chi connectivity index (χ0n) is 14.5. The second kappa shape index (κ2) is 7.11. The minimum absolute atomic E-state index is 0.0549. The molecule has 0 aromatic heterocycles. The molecule has 4 N–H and O–H groups in total. The first-order valence-corrected chi connectivity index (χ1v) is 9.12. The Kier molecular flexibility index (Phi) is 5.11. The molecule has 5 heteroatoms. The van der Waals surface area contributed by atoms with Crippen LogP contribution in [-0.4, -0.2) is 36.3 Å². The third-order valence-corrected chi connectivity index (χ3v) is 5.74. The van der Waals surface area contributed by atoms with Gasteiger partial charge in [-0.15, -0.1) is 0 Å². The van der Waals surface area contributed by atoms with Crippen molar-refractivity contribution in [2.45, 2.75) is 50.7 Å². The van der Waals surface area contributed by atoms with Crippen molar-refractivity contribution in [1.82, 2.24) is 0 Å². The Labute approximate surface area is 143 Å². The van der Waals surface area contributed by atoms with E-state index in [1.54, 1.807) is 0 Å². The molecule has 1 amide bonds. The summed E-state index contributed by atoms with van der Waals surface area (Å²) in [7, 11) is 0. The number of quaternary nitrogens is 1. The van der Waals surface area contributed by atoms with Crippen LogP contribution in [0.15, 0.2) is 24.3 Å². The molecule has 1 aromatic rings. The summed E-state index contributed by atoms with van der Waals surface area (Å²) in [6.45, 7) is 3.64. The standard InChI is InChI=1S/C19H28N2O3/c1-2-24-16-9-4-3-7-14(16)18-15-8-5-6-10-19(15,23)11-12-21(18)13-17(20)22/h3-4,7,9,15,18,23H,2,5-6,8,10-13H2,1H3,(H2,20,22)/p+1/t15-,18-,19-/m0/s1. The van der Waals surface area contributed by atoms with E-state index in [0.717, 1.165) is 54.9 Å². The van der Waals surface area contributed by atoms with Gasteiger partial charge in [0.15, 0.2) is 6.54 Å². The third-order valence-electron chi connectivity index (χ3n) is 5.74. The van der Waals surface area contributed by atoms with E-state index < -0.39 is 5.60 Å². The molecule has 1 aliphatic carbocycles. The average Bonchev–Trinajstić information content (AvgIpc) is 2.55. The summed E-state index contributed by atoms with van der Waals surface area (Å²) in [5, 5.41) is 11.2. The molecule has 1 heterocycles. The quantitative estimate of drug-likeness (QED) is 0.747. The van der Waals surface area contributed by atoms with Gasteiger partial charge >= 0.3 is 0 Å². The number of rotatable bonds is 5. The molecule has 5 nitrogen and oxygen atoms in total. The lowest BCUT2D eigenvalue weighted by Gasteiger charge is -2.50. The number of nitrogens with two attached hydrogens (primary N) is 1. The highest BCUT2D eigenvalue weighted by molar-refractivity contribution is 5.74. The van der Waals surface area contributed by atoms with Gasteiger partial charge in [-0.05, 0) is 31.9 Å². The lowest BCUT2D eigenvalue weighted by atomic mass is 9.66. The smallest absolute Gasteiger partial charge is 0.272 e. The van der Waals surface area contributed by atoms with Gasteiger partial charge in [0, 0.05) is 12.3 Å². The minimum Gasteiger partial charge on any atom is -0.493 e. The zero-order valence-corrected chi connectivity index (χ0v) is 14.5. The molecule has 132 valence electrons. The largest absolute Gasteiger partial charge is 0.493 e. The lowest BCUT2D eigenvalue weighted by molar-refractivity contribution is -0.937. The molecule has 3 rings (SSSR count). The molecule has 2 aliphatic rings. The molecule has 0 radical (unpaired) electrons. The van der Waals surface area contributed by atoms with Crippen LogP contribution in [-0.2, 0) is 4.79 Å². The van der Waals surface area contributed by atoms with Crippen LogP contribution < -0.4 is 15.4 Å². The van der Waals surface area contributed by atoms with Crippen molar-refractivity contribution in [3.63, 3.8) is 0 Å². The van der Waals surface area contributed by atoms with E-state index in [1.807, 2.05) is 25.1 Å². The summed E-state index contributed by atoms with van der Waals surface area (Å²) < 4.78 is 5.85. The minimum atomic E-state index is -0.622. The van der Waals surface area contributed by atoms with Crippen molar-refractivity contribution in [1.29, 1.82) is 0 Å². The van der Waals surface area contributed by atoms with Gasteiger partial charge in [0.1, 0.15) is 11.8 Å². The maximum Gasteiger partial charge on any atom is 0.272 e. The summed E-state index contributed by atoms with van der Waals surface area (Å²) in [6.07, 6.45) is 4.80. The van der Waals surface area contributed by atoms with Gasteiger partial charge in [-0.2, -0.15) is 0 Å². The first-order valence-electron chi connectivity index (χ1n) is 9.12. The van der Waals surface area contributed by atoms with Crippen molar-refractivity contribution in [3.05, 3.63) is 29.8 Å². The molecule has 4 atom stereocenters. The normalized spacial score (nSPS) is 32.8. The molecule has 24 heavy (non-hydrogen) atoms. The van der Waals surface area contributed by atoms with Gasteiger partial charge < -0.3 is 20.5 Å². The molecule has 1 saturated heterocycles. The Balaban J connectivity index is 2.01. The lowest BCUT2D eigenvalue weighted by Crippen LogP contribution is -3.16. The van der Waals surface area contributed by atoms with E-state index >= 15 is 0 Å². The molecule has 1 aliphatic heterocycles. The highest BCUT2D eigenvalue weighted by atomic mass is 16.5. The Morgan fingerprint density at radius 3 is 2.92 bits per heavy atom. The second-order valence-electron chi connectivity index (χ2n) is 7.21. The van der Waals surface area contributed by atoms with Crippen LogP contribution >= 0.6 is 0 Å². The number of amides is 1. The maximum atomic E-state index is 11.6. The summed E-state index contributed by atoms with van der Waals surface area (Å²) >= 11 is 0. The third kappa shape index (κ3) is 3.28.